The van der Waals surface area contributed by atoms with Crippen LogP contribution in [0.1, 0.15) is 10.4 Å². The molecule has 0 heterocycles. The minimum absolute atomic E-state index is 0.213. The second-order valence-electron chi connectivity index (χ2n) is 3.66. The fraction of sp³-hybridized carbons (Fsp3) is 0. The van der Waals surface area contributed by atoms with E-state index in [0.717, 1.165) is 0 Å². The van der Waals surface area contributed by atoms with Gasteiger partial charge in [-0.3, -0.25) is 0 Å². The monoisotopic (exact) mass is 228 g/mol. The average Bonchev–Trinajstić information content (AvgIpc) is 2.33. The Bertz CT molecular complexity index is 579. The van der Waals surface area contributed by atoms with Gasteiger partial charge in [-0.1, -0.05) is 30.3 Å². The number of nitrogens with two attached hydrogens (primary N) is 2. The molecule has 0 saturated carbocycles. The van der Waals surface area contributed by atoms with Crippen molar-refractivity contribution in [1.82, 2.24) is 0 Å². The van der Waals surface area contributed by atoms with Gasteiger partial charge >= 0.3 is 5.97 Å². The van der Waals surface area contributed by atoms with Crippen LogP contribution in [0.15, 0.2) is 42.5 Å². The van der Waals surface area contributed by atoms with Crippen molar-refractivity contribution in [2.75, 3.05) is 11.5 Å². The van der Waals surface area contributed by atoms with E-state index in [4.69, 9.17) is 16.6 Å². The van der Waals surface area contributed by atoms with Crippen LogP contribution >= 0.6 is 0 Å². The fourth-order valence-electron chi connectivity index (χ4n) is 1.72. The van der Waals surface area contributed by atoms with E-state index < -0.39 is 5.97 Å². The molecule has 2 aromatic rings. The highest BCUT2D eigenvalue weighted by molar-refractivity contribution is 5.99. The summed E-state index contributed by atoms with van der Waals surface area (Å²) in [6, 6.07) is 11.9. The molecule has 0 aliphatic rings. The molecule has 0 aliphatic carbocycles. The topological polar surface area (TPSA) is 89.3 Å². The molecule has 0 fully saturated rings. The van der Waals surface area contributed by atoms with Gasteiger partial charge in [-0.15, -0.1) is 0 Å². The fourth-order valence-corrected chi connectivity index (χ4v) is 1.72. The zero-order valence-electron chi connectivity index (χ0n) is 9.05. The summed E-state index contributed by atoms with van der Waals surface area (Å²) in [7, 11) is 0. The SMILES string of the molecule is Nc1cccc(-c2ccccc2C(=O)O)c1N. The summed E-state index contributed by atoms with van der Waals surface area (Å²) in [5, 5.41) is 9.12. The molecule has 0 atom stereocenters. The van der Waals surface area contributed by atoms with Crippen LogP contribution in [-0.4, -0.2) is 11.1 Å². The number of carboxylic acid groups (broad SMARTS) is 1. The molecule has 2 rings (SSSR count). The van der Waals surface area contributed by atoms with Gasteiger partial charge < -0.3 is 16.6 Å². The van der Waals surface area contributed by atoms with E-state index in [2.05, 4.69) is 0 Å². The lowest BCUT2D eigenvalue weighted by Crippen LogP contribution is -2.02. The summed E-state index contributed by atoms with van der Waals surface area (Å²) in [5.74, 6) is -0.984. The number of hydrogen-bond acceptors (Lipinski definition) is 3. The van der Waals surface area contributed by atoms with Crippen molar-refractivity contribution in [2.45, 2.75) is 0 Å². The van der Waals surface area contributed by atoms with Gasteiger partial charge in [0.1, 0.15) is 0 Å². The van der Waals surface area contributed by atoms with Gasteiger partial charge in [-0.05, 0) is 17.7 Å². The summed E-state index contributed by atoms with van der Waals surface area (Å²) in [5.41, 5.74) is 13.9. The van der Waals surface area contributed by atoms with E-state index in [1.165, 1.54) is 0 Å². The summed E-state index contributed by atoms with van der Waals surface area (Å²) in [6.07, 6.45) is 0. The first-order valence-electron chi connectivity index (χ1n) is 5.08. The van der Waals surface area contributed by atoms with Crippen LogP contribution in [0, 0.1) is 0 Å². The molecule has 0 bridgehead atoms. The summed E-state index contributed by atoms with van der Waals surface area (Å²) in [6.45, 7) is 0. The van der Waals surface area contributed by atoms with E-state index >= 15 is 0 Å². The molecule has 2 aromatic carbocycles. The van der Waals surface area contributed by atoms with Crippen LogP contribution in [-0.2, 0) is 0 Å². The molecule has 5 N–H and O–H groups in total. The summed E-state index contributed by atoms with van der Waals surface area (Å²) in [4.78, 5) is 11.1. The zero-order chi connectivity index (χ0) is 12.4. The third-order valence-electron chi connectivity index (χ3n) is 2.59. The molecule has 17 heavy (non-hydrogen) atoms. The van der Waals surface area contributed by atoms with E-state index in [-0.39, 0.29) is 5.56 Å². The molecule has 0 aromatic heterocycles. The number of aromatic carboxylic acids is 1. The van der Waals surface area contributed by atoms with Crippen LogP contribution in [0.25, 0.3) is 11.1 Å². The Morgan fingerprint density at radius 1 is 0.941 bits per heavy atom. The van der Waals surface area contributed by atoms with Crippen LogP contribution in [0.4, 0.5) is 11.4 Å². The summed E-state index contributed by atoms with van der Waals surface area (Å²) >= 11 is 0. The van der Waals surface area contributed by atoms with Gasteiger partial charge in [0.2, 0.25) is 0 Å². The Labute approximate surface area is 98.5 Å². The van der Waals surface area contributed by atoms with Crippen molar-refractivity contribution < 1.29 is 9.90 Å². The Hall–Kier alpha value is -2.49. The highest BCUT2D eigenvalue weighted by atomic mass is 16.4. The highest BCUT2D eigenvalue weighted by Gasteiger charge is 2.13. The molecule has 0 aliphatic heterocycles. The number of carbonyl (C=O) groups is 1. The third kappa shape index (κ3) is 1.92. The largest absolute Gasteiger partial charge is 0.478 e. The number of nitrogen functional groups attached to an aromatic ring is 2. The second-order valence-corrected chi connectivity index (χ2v) is 3.66. The minimum Gasteiger partial charge on any atom is -0.478 e. The molecule has 0 unspecified atom stereocenters. The Kier molecular flexibility index (Phi) is 2.70. The second kappa shape index (κ2) is 4.17. The molecule has 4 heteroatoms. The maximum Gasteiger partial charge on any atom is 0.336 e. The van der Waals surface area contributed by atoms with Crippen LogP contribution < -0.4 is 11.5 Å². The number of benzene rings is 2. The lowest BCUT2D eigenvalue weighted by atomic mass is 9.98. The number of carboxylic acids is 1. The molecule has 0 spiro atoms. The number of rotatable bonds is 2. The number of hydrogen-bond donors (Lipinski definition) is 3. The normalized spacial score (nSPS) is 10.1. The Morgan fingerprint density at radius 2 is 1.59 bits per heavy atom. The first-order chi connectivity index (χ1) is 8.11. The molecule has 86 valence electrons. The lowest BCUT2D eigenvalue weighted by Gasteiger charge is -2.10. The molecular weight excluding hydrogens is 216 g/mol. The molecule has 0 saturated heterocycles. The van der Waals surface area contributed by atoms with Crippen LogP contribution in [0.5, 0.6) is 0 Å². The number of para-hydroxylation sites is 1. The van der Waals surface area contributed by atoms with Crippen LogP contribution in [0.2, 0.25) is 0 Å². The first-order valence-corrected chi connectivity index (χ1v) is 5.08. The first kappa shape index (κ1) is 11.0. The van der Waals surface area contributed by atoms with Crippen molar-refractivity contribution in [1.29, 1.82) is 0 Å². The maximum atomic E-state index is 11.1. The van der Waals surface area contributed by atoms with Gasteiger partial charge in [0, 0.05) is 5.56 Å². The van der Waals surface area contributed by atoms with Crippen molar-refractivity contribution in [3.8, 4) is 11.1 Å². The molecule has 0 radical (unpaired) electrons. The smallest absolute Gasteiger partial charge is 0.336 e. The predicted molar refractivity (Wildman–Crippen MR) is 67.7 cm³/mol. The van der Waals surface area contributed by atoms with Crippen molar-refractivity contribution in [3.05, 3.63) is 48.0 Å². The summed E-state index contributed by atoms with van der Waals surface area (Å²) < 4.78 is 0. The van der Waals surface area contributed by atoms with Crippen molar-refractivity contribution >= 4 is 17.3 Å². The average molecular weight is 228 g/mol. The van der Waals surface area contributed by atoms with Gasteiger partial charge in [-0.2, -0.15) is 0 Å². The van der Waals surface area contributed by atoms with Crippen LogP contribution in [0.3, 0.4) is 0 Å². The number of anilines is 2. The van der Waals surface area contributed by atoms with E-state index in [1.807, 2.05) is 0 Å². The van der Waals surface area contributed by atoms with Gasteiger partial charge in [-0.25, -0.2) is 4.79 Å². The highest BCUT2D eigenvalue weighted by Crippen LogP contribution is 2.32. The minimum atomic E-state index is -0.984. The Balaban J connectivity index is 2.69. The molecule has 4 nitrogen and oxygen atoms in total. The lowest BCUT2D eigenvalue weighted by molar-refractivity contribution is 0.0698. The standard InChI is InChI=1S/C13H12N2O2/c14-11-7-3-6-9(12(11)15)8-4-1-2-5-10(8)13(16)17/h1-7H,14-15H2,(H,16,17). The maximum absolute atomic E-state index is 11.1. The predicted octanol–water partition coefficient (Wildman–Crippen LogP) is 2.22. The van der Waals surface area contributed by atoms with Crippen molar-refractivity contribution in [3.63, 3.8) is 0 Å². The zero-order valence-corrected chi connectivity index (χ0v) is 9.05. The third-order valence-corrected chi connectivity index (χ3v) is 2.59. The van der Waals surface area contributed by atoms with E-state index in [1.54, 1.807) is 42.5 Å². The van der Waals surface area contributed by atoms with E-state index in [9.17, 15) is 4.79 Å². The van der Waals surface area contributed by atoms with E-state index in [0.29, 0.717) is 22.5 Å². The van der Waals surface area contributed by atoms with Gasteiger partial charge in [0.05, 0.1) is 16.9 Å². The van der Waals surface area contributed by atoms with Gasteiger partial charge in [0.25, 0.3) is 0 Å². The Morgan fingerprint density at radius 3 is 2.29 bits per heavy atom. The quantitative estimate of drug-likeness (QED) is 0.687. The molecular formula is C13H12N2O2. The molecule has 0 amide bonds. The van der Waals surface area contributed by atoms with Gasteiger partial charge in [0.15, 0.2) is 0 Å². The van der Waals surface area contributed by atoms with Crippen molar-refractivity contribution in [2.24, 2.45) is 0 Å².